The van der Waals surface area contributed by atoms with Crippen LogP contribution in [-0.2, 0) is 28.4 Å². The minimum atomic E-state index is -0.148. The first-order valence-electron chi connectivity index (χ1n) is 9.42. The lowest BCUT2D eigenvalue weighted by Gasteiger charge is -2.23. The molecule has 1 heterocycles. The molecule has 0 spiro atoms. The van der Waals surface area contributed by atoms with Gasteiger partial charge in [-0.2, -0.15) is 0 Å². The normalized spacial score (nSPS) is 29.9. The van der Waals surface area contributed by atoms with Crippen molar-refractivity contribution in [1.29, 1.82) is 0 Å². The van der Waals surface area contributed by atoms with Crippen molar-refractivity contribution in [3.05, 3.63) is 0 Å². The van der Waals surface area contributed by atoms with Crippen LogP contribution < -0.4 is 5.32 Å². The molecule has 0 aromatic rings. The molecule has 1 rings (SSSR count). The van der Waals surface area contributed by atoms with Crippen LogP contribution in [-0.4, -0.2) is 84.9 Å². The first-order chi connectivity index (χ1) is 12.2. The molecule has 0 amide bonds. The number of rotatable bonds is 3. The smallest absolute Gasteiger partial charge is 0.131 e. The summed E-state index contributed by atoms with van der Waals surface area (Å²) in [5.41, 5.74) is 0. The molecule has 3 atom stereocenters. The maximum absolute atomic E-state index is 5.90. The maximum Gasteiger partial charge on any atom is 0.131 e. The van der Waals surface area contributed by atoms with Gasteiger partial charge in [0.2, 0.25) is 0 Å². The third-order valence-corrected chi connectivity index (χ3v) is 4.06. The van der Waals surface area contributed by atoms with E-state index in [9.17, 15) is 0 Å². The van der Waals surface area contributed by atoms with E-state index >= 15 is 0 Å². The largest absolute Gasteiger partial charge is 0.376 e. The van der Waals surface area contributed by atoms with Crippen LogP contribution in [0.4, 0.5) is 0 Å². The Bertz CT molecular complexity index is 281. The summed E-state index contributed by atoms with van der Waals surface area (Å²) < 4.78 is 34.4. The van der Waals surface area contributed by atoms with Crippen molar-refractivity contribution >= 4 is 0 Å². The topological polar surface area (TPSA) is 67.4 Å². The second kappa shape index (κ2) is 14.8. The van der Waals surface area contributed by atoms with Crippen molar-refractivity contribution in [2.75, 3.05) is 66.5 Å². The lowest BCUT2D eigenvalue weighted by molar-refractivity contribution is -0.0980. The van der Waals surface area contributed by atoms with Crippen LogP contribution in [0, 0.1) is 5.92 Å². The van der Waals surface area contributed by atoms with Gasteiger partial charge in [-0.25, -0.2) is 0 Å². The van der Waals surface area contributed by atoms with E-state index in [-0.39, 0.29) is 18.4 Å². The first kappa shape index (κ1) is 22.8. The minimum absolute atomic E-state index is 0.0594. The third-order valence-electron chi connectivity index (χ3n) is 4.06. The van der Waals surface area contributed by atoms with Gasteiger partial charge in [0.15, 0.2) is 0 Å². The fourth-order valence-electron chi connectivity index (χ4n) is 2.32. The molecule has 7 nitrogen and oxygen atoms in total. The summed E-state index contributed by atoms with van der Waals surface area (Å²) in [5, 5.41) is 3.08. The lowest BCUT2D eigenvalue weighted by Crippen LogP contribution is -2.35. The molecule has 0 radical (unpaired) electrons. The zero-order valence-electron chi connectivity index (χ0n) is 16.3. The van der Waals surface area contributed by atoms with Crippen LogP contribution >= 0.6 is 0 Å². The van der Waals surface area contributed by atoms with Crippen molar-refractivity contribution < 1.29 is 28.4 Å². The quantitative estimate of drug-likeness (QED) is 0.814. The van der Waals surface area contributed by atoms with E-state index < -0.39 is 0 Å². The summed E-state index contributed by atoms with van der Waals surface area (Å²) in [6, 6.07) is 0. The number of likely N-dealkylation sites (N-methyl/N-ethyl adjacent to an activating group) is 1. The SMILES string of the molecule is CCC1COCCOC(C(C)C)COCCOC(NC)COCCO1. The molecule has 0 aliphatic carbocycles. The van der Waals surface area contributed by atoms with E-state index in [2.05, 4.69) is 26.1 Å². The van der Waals surface area contributed by atoms with Gasteiger partial charge < -0.3 is 28.4 Å². The predicted molar refractivity (Wildman–Crippen MR) is 95.9 cm³/mol. The Balaban J connectivity index is 2.45. The second-order valence-corrected chi connectivity index (χ2v) is 6.43. The summed E-state index contributed by atoms with van der Waals surface area (Å²) in [6.07, 6.45) is 0.906. The Hall–Kier alpha value is -0.280. The van der Waals surface area contributed by atoms with Crippen LogP contribution in [0.5, 0.6) is 0 Å². The zero-order chi connectivity index (χ0) is 18.3. The predicted octanol–water partition coefficient (Wildman–Crippen LogP) is 1.45. The summed E-state index contributed by atoms with van der Waals surface area (Å²) in [6.45, 7) is 11.2. The average molecular weight is 363 g/mol. The third kappa shape index (κ3) is 11.1. The van der Waals surface area contributed by atoms with E-state index in [1.54, 1.807) is 0 Å². The van der Waals surface area contributed by atoms with E-state index in [4.69, 9.17) is 28.4 Å². The Kier molecular flexibility index (Phi) is 13.5. The standard InChI is InChI=1S/C18H37NO6/c1-5-16-12-20-7-10-24-17(15(2)3)13-21-8-11-25-18(19-4)14-22-6-9-23-16/h15-19H,5-14H2,1-4H3. The van der Waals surface area contributed by atoms with Gasteiger partial charge >= 0.3 is 0 Å². The van der Waals surface area contributed by atoms with Crippen molar-refractivity contribution in [1.82, 2.24) is 5.32 Å². The van der Waals surface area contributed by atoms with E-state index in [0.717, 1.165) is 6.42 Å². The van der Waals surface area contributed by atoms with Crippen molar-refractivity contribution in [2.24, 2.45) is 5.92 Å². The molecule has 1 fully saturated rings. The Morgan fingerprint density at radius 1 is 0.800 bits per heavy atom. The fraction of sp³-hybridized carbons (Fsp3) is 1.00. The van der Waals surface area contributed by atoms with Crippen molar-refractivity contribution in [3.63, 3.8) is 0 Å². The second-order valence-electron chi connectivity index (χ2n) is 6.43. The minimum Gasteiger partial charge on any atom is -0.376 e. The molecule has 7 heteroatoms. The highest BCUT2D eigenvalue weighted by molar-refractivity contribution is 4.62. The van der Waals surface area contributed by atoms with Gasteiger partial charge in [0, 0.05) is 0 Å². The number of nitrogens with one attached hydrogen (secondary N) is 1. The molecule has 1 aliphatic rings. The van der Waals surface area contributed by atoms with E-state index in [1.807, 2.05) is 7.05 Å². The van der Waals surface area contributed by atoms with Gasteiger partial charge in [-0.05, 0) is 19.4 Å². The molecular formula is C18H37NO6. The fourth-order valence-corrected chi connectivity index (χ4v) is 2.32. The summed E-state index contributed by atoms with van der Waals surface area (Å²) in [5.74, 6) is 0.386. The summed E-state index contributed by atoms with van der Waals surface area (Å²) in [4.78, 5) is 0. The molecule has 3 unspecified atom stereocenters. The maximum atomic E-state index is 5.90. The molecule has 0 bridgehead atoms. The van der Waals surface area contributed by atoms with Gasteiger partial charge in [-0.1, -0.05) is 20.8 Å². The number of ether oxygens (including phenoxy) is 6. The zero-order valence-corrected chi connectivity index (χ0v) is 16.3. The Morgan fingerprint density at radius 2 is 1.40 bits per heavy atom. The molecule has 25 heavy (non-hydrogen) atoms. The van der Waals surface area contributed by atoms with Gasteiger partial charge in [0.25, 0.3) is 0 Å². The number of hydrogen-bond donors (Lipinski definition) is 1. The molecule has 0 saturated carbocycles. The molecule has 1 N–H and O–H groups in total. The van der Waals surface area contributed by atoms with Crippen LogP contribution in [0.25, 0.3) is 0 Å². The van der Waals surface area contributed by atoms with E-state index in [1.165, 1.54) is 0 Å². The monoisotopic (exact) mass is 363 g/mol. The van der Waals surface area contributed by atoms with Crippen LogP contribution in [0.2, 0.25) is 0 Å². The van der Waals surface area contributed by atoms with Gasteiger partial charge in [-0.3, -0.25) is 5.32 Å². The van der Waals surface area contributed by atoms with Crippen LogP contribution in [0.3, 0.4) is 0 Å². The Morgan fingerprint density at radius 3 is 2.04 bits per heavy atom. The van der Waals surface area contributed by atoms with Crippen molar-refractivity contribution in [3.8, 4) is 0 Å². The van der Waals surface area contributed by atoms with Crippen LogP contribution in [0.15, 0.2) is 0 Å². The van der Waals surface area contributed by atoms with Crippen LogP contribution in [0.1, 0.15) is 27.2 Å². The average Bonchev–Trinajstić information content (AvgIpc) is 2.61. The summed E-state index contributed by atoms with van der Waals surface area (Å²) >= 11 is 0. The van der Waals surface area contributed by atoms with Gasteiger partial charge in [0.05, 0.1) is 71.7 Å². The van der Waals surface area contributed by atoms with Gasteiger partial charge in [-0.15, -0.1) is 0 Å². The Labute approximate surface area is 152 Å². The lowest BCUT2D eigenvalue weighted by atomic mass is 10.1. The number of hydrogen-bond acceptors (Lipinski definition) is 7. The molecule has 0 aromatic heterocycles. The molecule has 0 aromatic carbocycles. The van der Waals surface area contributed by atoms with Gasteiger partial charge in [0.1, 0.15) is 6.23 Å². The highest BCUT2D eigenvalue weighted by Crippen LogP contribution is 2.08. The molecular weight excluding hydrogens is 326 g/mol. The van der Waals surface area contributed by atoms with E-state index in [0.29, 0.717) is 65.4 Å². The van der Waals surface area contributed by atoms with Crippen molar-refractivity contribution in [2.45, 2.75) is 45.6 Å². The summed E-state index contributed by atoms with van der Waals surface area (Å²) in [7, 11) is 1.85. The highest BCUT2D eigenvalue weighted by atomic mass is 16.6. The molecule has 1 aliphatic heterocycles. The highest BCUT2D eigenvalue weighted by Gasteiger charge is 2.15. The first-order valence-corrected chi connectivity index (χ1v) is 9.42. The molecule has 150 valence electrons. The molecule has 1 saturated heterocycles.